The molecule has 0 saturated heterocycles. The molecule has 0 bridgehead atoms. The molecule has 0 aliphatic rings. The van der Waals surface area contributed by atoms with Gasteiger partial charge in [0.05, 0.1) is 18.2 Å². The number of alkyl halides is 6. The number of Topliss-reactive ketones (excluding diaryl/α,β-unsaturated/α-hetero) is 1. The van der Waals surface area contributed by atoms with Crippen molar-refractivity contribution in [3.8, 4) is 16.9 Å². The SMILES string of the molecule is COc1cc(-c2ccccc2)c2[nH]c(C(F)(F)F)c(C(=O)C(F)(F)F)c2c1. The standard InChI is InChI=1S/C18H11F6NO2/c1-27-10-7-11(9-5-3-2-4-6-9)14-12(8-10)13(16(26)18(22,23)24)15(25-14)17(19,20)21/h2-8,25H,1H3. The largest absolute Gasteiger partial charge is 0.497 e. The smallest absolute Gasteiger partial charge is 0.454 e. The molecule has 0 aliphatic carbocycles. The number of hydrogen-bond donors (Lipinski definition) is 1. The highest BCUT2D eigenvalue weighted by molar-refractivity contribution is 6.14. The summed E-state index contributed by atoms with van der Waals surface area (Å²) < 4.78 is 84.0. The van der Waals surface area contributed by atoms with Gasteiger partial charge in [-0.05, 0) is 17.7 Å². The van der Waals surface area contributed by atoms with Crippen LogP contribution in [0.15, 0.2) is 42.5 Å². The Hall–Kier alpha value is -2.97. The van der Waals surface area contributed by atoms with Crippen LogP contribution in [-0.2, 0) is 6.18 Å². The number of carbonyl (C=O) groups is 1. The molecule has 0 amide bonds. The molecule has 0 fully saturated rings. The van der Waals surface area contributed by atoms with Crippen LogP contribution < -0.4 is 4.74 Å². The topological polar surface area (TPSA) is 42.1 Å². The van der Waals surface area contributed by atoms with Crippen molar-refractivity contribution >= 4 is 16.7 Å². The van der Waals surface area contributed by atoms with E-state index in [-0.39, 0.29) is 16.8 Å². The minimum Gasteiger partial charge on any atom is -0.497 e. The Labute approximate surface area is 148 Å². The average molecular weight is 387 g/mol. The molecule has 0 saturated carbocycles. The molecule has 1 aromatic heterocycles. The fourth-order valence-corrected chi connectivity index (χ4v) is 2.82. The third kappa shape index (κ3) is 3.36. The summed E-state index contributed by atoms with van der Waals surface area (Å²) in [6, 6.07) is 10.4. The monoisotopic (exact) mass is 387 g/mol. The highest BCUT2D eigenvalue weighted by Crippen LogP contribution is 2.42. The van der Waals surface area contributed by atoms with Gasteiger partial charge in [0, 0.05) is 10.9 Å². The number of benzene rings is 2. The van der Waals surface area contributed by atoms with E-state index in [1.165, 1.54) is 13.2 Å². The van der Waals surface area contributed by atoms with Crippen molar-refractivity contribution in [1.82, 2.24) is 4.98 Å². The minimum atomic E-state index is -5.47. The molecular formula is C18H11F6NO2. The minimum absolute atomic E-state index is 0.0188. The summed E-state index contributed by atoms with van der Waals surface area (Å²) in [7, 11) is 1.22. The van der Waals surface area contributed by atoms with E-state index in [1.54, 1.807) is 30.3 Å². The molecule has 1 heterocycles. The van der Waals surface area contributed by atoms with Crippen LogP contribution in [0.25, 0.3) is 22.0 Å². The molecule has 27 heavy (non-hydrogen) atoms. The second kappa shape index (κ2) is 6.33. The lowest BCUT2D eigenvalue weighted by Gasteiger charge is -2.10. The Bertz CT molecular complexity index is 1000. The van der Waals surface area contributed by atoms with Gasteiger partial charge in [-0.3, -0.25) is 4.79 Å². The number of aromatic nitrogens is 1. The summed E-state index contributed by atoms with van der Waals surface area (Å²) >= 11 is 0. The molecule has 0 aliphatic heterocycles. The number of rotatable bonds is 3. The fraction of sp³-hybridized carbons (Fsp3) is 0.167. The van der Waals surface area contributed by atoms with Crippen molar-refractivity contribution in [3.05, 3.63) is 53.7 Å². The lowest BCUT2D eigenvalue weighted by Crippen LogP contribution is -2.25. The van der Waals surface area contributed by atoms with Crippen molar-refractivity contribution in [2.24, 2.45) is 0 Å². The van der Waals surface area contributed by atoms with Crippen LogP contribution >= 0.6 is 0 Å². The predicted molar refractivity (Wildman–Crippen MR) is 85.7 cm³/mol. The Balaban J connectivity index is 2.45. The summed E-state index contributed by atoms with van der Waals surface area (Å²) in [5.74, 6) is -2.56. The highest BCUT2D eigenvalue weighted by Gasteiger charge is 2.47. The number of H-pyrrole nitrogens is 1. The lowest BCUT2D eigenvalue weighted by molar-refractivity contribution is -0.141. The first-order valence-corrected chi connectivity index (χ1v) is 7.52. The molecule has 2 aromatic carbocycles. The number of carbonyl (C=O) groups excluding carboxylic acids is 1. The first kappa shape index (κ1) is 18.8. The number of hydrogen-bond acceptors (Lipinski definition) is 2. The van der Waals surface area contributed by atoms with E-state index in [0.717, 1.165) is 6.07 Å². The van der Waals surface area contributed by atoms with Gasteiger partial charge in [0.15, 0.2) is 0 Å². The van der Waals surface area contributed by atoms with E-state index in [0.29, 0.717) is 5.56 Å². The second-order valence-corrected chi connectivity index (χ2v) is 5.66. The normalized spacial score (nSPS) is 12.4. The van der Waals surface area contributed by atoms with Gasteiger partial charge in [-0.2, -0.15) is 26.3 Å². The number of nitrogens with one attached hydrogen (secondary N) is 1. The molecule has 3 rings (SSSR count). The maximum Gasteiger partial charge on any atom is 0.454 e. The van der Waals surface area contributed by atoms with Gasteiger partial charge in [0.2, 0.25) is 0 Å². The highest BCUT2D eigenvalue weighted by atomic mass is 19.4. The molecule has 9 heteroatoms. The number of methoxy groups -OCH3 is 1. The maximum absolute atomic E-state index is 13.4. The Kier molecular flexibility index (Phi) is 4.41. The van der Waals surface area contributed by atoms with Crippen LogP contribution in [0.5, 0.6) is 5.75 Å². The van der Waals surface area contributed by atoms with E-state index >= 15 is 0 Å². The van der Waals surface area contributed by atoms with E-state index in [1.807, 2.05) is 4.98 Å². The summed E-state index contributed by atoms with van der Waals surface area (Å²) in [5, 5.41) is -0.511. The van der Waals surface area contributed by atoms with Gasteiger partial charge in [-0.1, -0.05) is 30.3 Å². The summed E-state index contributed by atoms with van der Waals surface area (Å²) in [6.07, 6.45) is -10.7. The van der Waals surface area contributed by atoms with Crippen LogP contribution in [0.1, 0.15) is 16.1 Å². The first-order chi connectivity index (χ1) is 12.5. The predicted octanol–water partition coefficient (Wildman–Crippen LogP) is 5.61. The third-order valence-corrected chi connectivity index (χ3v) is 3.97. The van der Waals surface area contributed by atoms with Gasteiger partial charge in [-0.25, -0.2) is 0 Å². The van der Waals surface area contributed by atoms with Gasteiger partial charge in [-0.15, -0.1) is 0 Å². The Morgan fingerprint density at radius 3 is 2.15 bits per heavy atom. The molecule has 0 unspecified atom stereocenters. The van der Waals surface area contributed by atoms with Gasteiger partial charge in [0.1, 0.15) is 11.4 Å². The molecule has 3 nitrogen and oxygen atoms in total. The summed E-state index contributed by atoms with van der Waals surface area (Å²) in [6.45, 7) is 0. The number of aromatic amines is 1. The molecular weight excluding hydrogens is 376 g/mol. The second-order valence-electron chi connectivity index (χ2n) is 5.66. The van der Waals surface area contributed by atoms with Gasteiger partial charge in [0.25, 0.3) is 5.78 Å². The quantitative estimate of drug-likeness (QED) is 0.469. The molecule has 1 N–H and O–H groups in total. The van der Waals surface area contributed by atoms with E-state index in [2.05, 4.69) is 0 Å². The van der Waals surface area contributed by atoms with Crippen molar-refractivity contribution < 1.29 is 35.9 Å². The average Bonchev–Trinajstić information content (AvgIpc) is 2.99. The van der Waals surface area contributed by atoms with Crippen molar-refractivity contribution in [2.45, 2.75) is 12.4 Å². The Morgan fingerprint density at radius 1 is 1.00 bits per heavy atom. The molecule has 3 aromatic rings. The van der Waals surface area contributed by atoms with Crippen LogP contribution in [0.2, 0.25) is 0 Å². The zero-order valence-electron chi connectivity index (χ0n) is 13.6. The van der Waals surface area contributed by atoms with E-state index < -0.39 is 34.8 Å². The molecule has 0 radical (unpaired) electrons. The number of halogens is 6. The van der Waals surface area contributed by atoms with Crippen molar-refractivity contribution in [2.75, 3.05) is 7.11 Å². The third-order valence-electron chi connectivity index (χ3n) is 3.97. The zero-order chi connectivity index (χ0) is 20.0. The summed E-state index contributed by atoms with van der Waals surface area (Å²) in [5.41, 5.74) is -2.83. The van der Waals surface area contributed by atoms with E-state index in [4.69, 9.17) is 4.74 Å². The molecule has 142 valence electrons. The maximum atomic E-state index is 13.4. The van der Waals surface area contributed by atoms with Crippen LogP contribution in [0.4, 0.5) is 26.3 Å². The summed E-state index contributed by atoms with van der Waals surface area (Å²) in [4.78, 5) is 13.7. The van der Waals surface area contributed by atoms with Crippen LogP contribution in [0, 0.1) is 0 Å². The first-order valence-electron chi connectivity index (χ1n) is 7.52. The van der Waals surface area contributed by atoms with E-state index in [9.17, 15) is 31.1 Å². The van der Waals surface area contributed by atoms with Gasteiger partial charge < -0.3 is 9.72 Å². The van der Waals surface area contributed by atoms with Gasteiger partial charge >= 0.3 is 12.4 Å². The lowest BCUT2D eigenvalue weighted by atomic mass is 9.99. The molecule has 0 atom stereocenters. The van der Waals surface area contributed by atoms with Crippen LogP contribution in [0.3, 0.4) is 0 Å². The number of fused-ring (bicyclic) bond motifs is 1. The van der Waals surface area contributed by atoms with Crippen LogP contribution in [-0.4, -0.2) is 24.1 Å². The number of ketones is 1. The molecule has 0 spiro atoms. The van der Waals surface area contributed by atoms with Crippen molar-refractivity contribution in [3.63, 3.8) is 0 Å². The fourth-order valence-electron chi connectivity index (χ4n) is 2.82. The zero-order valence-corrected chi connectivity index (χ0v) is 13.6. The Morgan fingerprint density at radius 2 is 1.63 bits per heavy atom. The number of ether oxygens (including phenoxy) is 1. The van der Waals surface area contributed by atoms with Crippen molar-refractivity contribution in [1.29, 1.82) is 0 Å².